The van der Waals surface area contributed by atoms with Crippen molar-refractivity contribution in [2.24, 2.45) is 4.99 Å². The lowest BCUT2D eigenvalue weighted by Gasteiger charge is -2.21. The van der Waals surface area contributed by atoms with Gasteiger partial charge in [0.2, 0.25) is 10.0 Å². The molecule has 1 heterocycles. The Morgan fingerprint density at radius 3 is 2.06 bits per heavy atom. The van der Waals surface area contributed by atoms with Gasteiger partial charge < -0.3 is 4.42 Å². The summed E-state index contributed by atoms with van der Waals surface area (Å²) in [5.41, 5.74) is 3.57. The van der Waals surface area contributed by atoms with Gasteiger partial charge in [-0.05, 0) is 61.9 Å². The molecule has 8 heteroatoms. The van der Waals surface area contributed by atoms with E-state index >= 15 is 0 Å². The molecule has 0 atom stereocenters. The van der Waals surface area contributed by atoms with Gasteiger partial charge in [0.15, 0.2) is 0 Å². The van der Waals surface area contributed by atoms with Crippen molar-refractivity contribution < 1.29 is 12.8 Å². The molecule has 0 amide bonds. The molecule has 35 heavy (non-hydrogen) atoms. The molecular weight excluding hydrogens is 503 g/mol. The molecule has 0 fully saturated rings. The zero-order valence-corrected chi connectivity index (χ0v) is 21.6. The summed E-state index contributed by atoms with van der Waals surface area (Å²) >= 11 is 12.1. The van der Waals surface area contributed by atoms with Gasteiger partial charge in [0.1, 0.15) is 11.5 Å². The summed E-state index contributed by atoms with van der Waals surface area (Å²) in [4.78, 5) is 4.59. The van der Waals surface area contributed by atoms with E-state index in [1.165, 1.54) is 4.31 Å². The molecule has 0 radical (unpaired) electrons. The minimum Gasteiger partial charge on any atom is -0.459 e. The average Bonchev–Trinajstić information content (AvgIpc) is 3.26. The van der Waals surface area contributed by atoms with Crippen LogP contribution in [0.3, 0.4) is 0 Å². The fourth-order valence-corrected chi connectivity index (χ4v) is 5.37. The highest BCUT2D eigenvalue weighted by molar-refractivity contribution is 7.89. The van der Waals surface area contributed by atoms with Crippen molar-refractivity contribution in [2.45, 2.75) is 31.8 Å². The number of furan rings is 1. The van der Waals surface area contributed by atoms with Crippen LogP contribution < -0.4 is 0 Å². The molecule has 0 aliphatic heterocycles. The third kappa shape index (κ3) is 6.61. The highest BCUT2D eigenvalue weighted by Crippen LogP contribution is 2.25. The number of benzene rings is 3. The molecule has 0 aliphatic carbocycles. The SMILES string of the molecule is Cc1ccc(CN(Cc2ccc(C=Nc3cc(Cl)cc(Cl)c3)o2)S(=O)(=O)c2ccc(C)cc2)cc1. The van der Waals surface area contributed by atoms with Gasteiger partial charge in [-0.3, -0.25) is 4.99 Å². The van der Waals surface area contributed by atoms with E-state index in [0.29, 0.717) is 27.3 Å². The van der Waals surface area contributed by atoms with Crippen LogP contribution in [0.4, 0.5) is 5.69 Å². The minimum atomic E-state index is -3.77. The van der Waals surface area contributed by atoms with E-state index in [0.717, 1.165) is 16.7 Å². The van der Waals surface area contributed by atoms with Gasteiger partial charge >= 0.3 is 0 Å². The number of hydrogen-bond donors (Lipinski definition) is 0. The van der Waals surface area contributed by atoms with Crippen LogP contribution in [0.1, 0.15) is 28.2 Å². The number of aryl methyl sites for hydroxylation is 2. The van der Waals surface area contributed by atoms with Crippen LogP contribution in [-0.4, -0.2) is 18.9 Å². The van der Waals surface area contributed by atoms with Crippen molar-refractivity contribution in [3.05, 3.63) is 117 Å². The smallest absolute Gasteiger partial charge is 0.243 e. The van der Waals surface area contributed by atoms with Gasteiger partial charge in [0.05, 0.1) is 23.3 Å². The van der Waals surface area contributed by atoms with E-state index in [4.69, 9.17) is 27.6 Å². The molecule has 5 nitrogen and oxygen atoms in total. The predicted octanol–water partition coefficient (Wildman–Crippen LogP) is 7.34. The van der Waals surface area contributed by atoms with E-state index < -0.39 is 10.0 Å². The summed E-state index contributed by atoms with van der Waals surface area (Å²) in [7, 11) is -3.77. The second kappa shape index (κ2) is 10.8. The van der Waals surface area contributed by atoms with Crippen LogP contribution in [0.5, 0.6) is 0 Å². The lowest BCUT2D eigenvalue weighted by atomic mass is 10.1. The first-order valence-corrected chi connectivity index (χ1v) is 13.1. The number of rotatable bonds is 8. The minimum absolute atomic E-state index is 0.0704. The second-order valence-electron chi connectivity index (χ2n) is 8.26. The standard InChI is InChI=1S/C27H24Cl2N2O3S/c1-19-3-7-21(8-4-19)17-31(35(32,33)27-11-5-20(2)6-12-27)18-26-10-9-25(34-26)16-30-24-14-22(28)13-23(29)15-24/h3-16H,17-18H2,1-2H3. The molecule has 0 saturated heterocycles. The van der Waals surface area contributed by atoms with E-state index in [1.54, 1.807) is 60.8 Å². The van der Waals surface area contributed by atoms with Gasteiger partial charge in [-0.15, -0.1) is 0 Å². The lowest BCUT2D eigenvalue weighted by Crippen LogP contribution is -2.30. The van der Waals surface area contributed by atoms with Crippen LogP contribution in [0, 0.1) is 13.8 Å². The third-order valence-corrected chi connectivity index (χ3v) is 7.58. The fraction of sp³-hybridized carbons (Fsp3) is 0.148. The summed E-state index contributed by atoms with van der Waals surface area (Å²) in [5.74, 6) is 0.984. The average molecular weight is 527 g/mol. The van der Waals surface area contributed by atoms with Crippen molar-refractivity contribution in [2.75, 3.05) is 0 Å². The summed E-state index contributed by atoms with van der Waals surface area (Å²) in [6.45, 7) is 4.19. The molecule has 0 unspecified atom stereocenters. The van der Waals surface area contributed by atoms with Gasteiger partial charge in [0, 0.05) is 16.6 Å². The first-order valence-electron chi connectivity index (χ1n) is 10.9. The Hall–Kier alpha value is -2.90. The van der Waals surface area contributed by atoms with E-state index in [1.807, 2.05) is 38.1 Å². The Morgan fingerprint density at radius 2 is 1.43 bits per heavy atom. The van der Waals surface area contributed by atoms with Crippen molar-refractivity contribution in [3.8, 4) is 0 Å². The topological polar surface area (TPSA) is 62.9 Å². The van der Waals surface area contributed by atoms with Crippen LogP contribution in [0.2, 0.25) is 10.0 Å². The van der Waals surface area contributed by atoms with E-state index in [9.17, 15) is 8.42 Å². The predicted molar refractivity (Wildman–Crippen MR) is 141 cm³/mol. The van der Waals surface area contributed by atoms with Gasteiger partial charge in [0.25, 0.3) is 0 Å². The maximum absolute atomic E-state index is 13.5. The number of sulfonamides is 1. The summed E-state index contributed by atoms with van der Waals surface area (Å²) < 4.78 is 34.4. The van der Waals surface area contributed by atoms with Crippen molar-refractivity contribution in [1.82, 2.24) is 4.31 Å². The Bertz CT molecular complexity index is 1420. The zero-order chi connectivity index (χ0) is 25.0. The van der Waals surface area contributed by atoms with Crippen LogP contribution in [0.25, 0.3) is 0 Å². The Morgan fingerprint density at radius 1 is 0.829 bits per heavy atom. The van der Waals surface area contributed by atoms with Crippen LogP contribution >= 0.6 is 23.2 Å². The monoisotopic (exact) mass is 526 g/mol. The van der Waals surface area contributed by atoms with Gasteiger partial charge in [-0.25, -0.2) is 8.42 Å². The number of hydrogen-bond acceptors (Lipinski definition) is 4. The van der Waals surface area contributed by atoms with E-state index in [2.05, 4.69) is 4.99 Å². The van der Waals surface area contributed by atoms with Gasteiger partial charge in [-0.1, -0.05) is 70.7 Å². The summed E-state index contributed by atoms with van der Waals surface area (Å²) in [6, 6.07) is 23.1. The second-order valence-corrected chi connectivity index (χ2v) is 11.1. The van der Waals surface area contributed by atoms with Crippen LogP contribution in [-0.2, 0) is 23.1 Å². The zero-order valence-electron chi connectivity index (χ0n) is 19.3. The fourth-order valence-electron chi connectivity index (χ4n) is 3.46. The largest absolute Gasteiger partial charge is 0.459 e. The van der Waals surface area contributed by atoms with E-state index in [-0.39, 0.29) is 18.0 Å². The highest BCUT2D eigenvalue weighted by Gasteiger charge is 2.26. The molecule has 180 valence electrons. The molecule has 4 rings (SSSR count). The van der Waals surface area contributed by atoms with Crippen molar-refractivity contribution >= 4 is 45.1 Å². The third-order valence-electron chi connectivity index (χ3n) is 5.34. The first-order chi connectivity index (χ1) is 16.7. The van der Waals surface area contributed by atoms with Gasteiger partial charge in [-0.2, -0.15) is 4.31 Å². The van der Waals surface area contributed by atoms with Crippen molar-refractivity contribution in [3.63, 3.8) is 0 Å². The van der Waals surface area contributed by atoms with Crippen molar-refractivity contribution in [1.29, 1.82) is 0 Å². The molecule has 0 saturated carbocycles. The molecular formula is C27H24Cl2N2O3S. The molecule has 1 aromatic heterocycles. The quantitative estimate of drug-likeness (QED) is 0.225. The highest BCUT2D eigenvalue weighted by atomic mass is 35.5. The normalized spacial score (nSPS) is 12.0. The first kappa shape index (κ1) is 25.2. The molecule has 0 spiro atoms. The Kier molecular flexibility index (Phi) is 7.77. The molecule has 4 aromatic rings. The molecule has 0 aliphatic rings. The van der Waals surface area contributed by atoms with Crippen LogP contribution in [0.15, 0.2) is 93.2 Å². The maximum Gasteiger partial charge on any atom is 0.243 e. The number of nitrogens with zero attached hydrogens (tertiary/aromatic N) is 2. The maximum atomic E-state index is 13.5. The molecule has 3 aromatic carbocycles. The molecule has 0 N–H and O–H groups in total. The lowest BCUT2D eigenvalue weighted by molar-refractivity contribution is 0.357. The Labute approximate surface area is 215 Å². The number of aliphatic imine (C=N–C) groups is 1. The number of halogens is 2. The summed E-state index contributed by atoms with van der Waals surface area (Å²) in [5, 5.41) is 0.968. The Balaban J connectivity index is 1.59. The summed E-state index contributed by atoms with van der Waals surface area (Å²) in [6.07, 6.45) is 1.55. The molecule has 0 bridgehead atoms.